The summed E-state index contributed by atoms with van der Waals surface area (Å²) < 4.78 is 10.7. The molecule has 0 fully saturated rings. The van der Waals surface area contributed by atoms with Crippen LogP contribution in [0.5, 0.6) is 11.5 Å². The Balaban J connectivity index is 0.00000400. The number of nitrogens with one attached hydrogen (secondary N) is 1. The zero-order chi connectivity index (χ0) is 15.1. The Morgan fingerprint density at radius 1 is 1.24 bits per heavy atom. The second-order valence-electron chi connectivity index (χ2n) is 5.30. The molecular weight excluding hydrogens is 286 g/mol. The fraction of sp³-hybridized carbons (Fsp3) is 0.562. The van der Waals surface area contributed by atoms with E-state index in [0.717, 1.165) is 6.42 Å². The van der Waals surface area contributed by atoms with E-state index in [9.17, 15) is 4.79 Å². The van der Waals surface area contributed by atoms with Crippen molar-refractivity contribution in [2.75, 3.05) is 13.7 Å². The predicted molar refractivity (Wildman–Crippen MR) is 90.9 cm³/mol. The maximum Gasteiger partial charge on any atom is 0.251 e. The first-order chi connectivity index (χ1) is 9.47. The van der Waals surface area contributed by atoms with Gasteiger partial charge in [-0.1, -0.05) is 13.8 Å². The maximum absolute atomic E-state index is 12.2. The third kappa shape index (κ3) is 6.29. The summed E-state index contributed by atoms with van der Waals surface area (Å²) in [5.41, 5.74) is 0.588. The molecule has 1 atom stereocenters. The molecule has 0 aliphatic carbocycles. The molecule has 0 saturated carbocycles. The lowest BCUT2D eigenvalue weighted by molar-refractivity contribution is 0.0935. The SMILES string of the molecule is CCOc1cc(C(=O)N[C@@H](C)CC(C)C)ccc1OC.S. The minimum Gasteiger partial charge on any atom is -0.493 e. The Bertz CT molecular complexity index is 449. The smallest absolute Gasteiger partial charge is 0.251 e. The van der Waals surface area contributed by atoms with E-state index < -0.39 is 0 Å². The van der Waals surface area contributed by atoms with Crippen LogP contribution in [-0.2, 0) is 0 Å². The van der Waals surface area contributed by atoms with E-state index in [4.69, 9.17) is 9.47 Å². The Hall–Kier alpha value is -1.36. The van der Waals surface area contributed by atoms with Crippen molar-refractivity contribution in [1.82, 2.24) is 5.32 Å². The average molecular weight is 313 g/mol. The van der Waals surface area contributed by atoms with Gasteiger partial charge in [0, 0.05) is 11.6 Å². The molecule has 1 N–H and O–H groups in total. The van der Waals surface area contributed by atoms with Crippen molar-refractivity contribution in [2.24, 2.45) is 5.92 Å². The molecule has 1 aromatic carbocycles. The number of benzene rings is 1. The van der Waals surface area contributed by atoms with Crippen LogP contribution in [0.1, 0.15) is 44.5 Å². The zero-order valence-corrected chi connectivity index (χ0v) is 14.5. The number of rotatable bonds is 7. The van der Waals surface area contributed by atoms with Crippen LogP contribution in [0.3, 0.4) is 0 Å². The summed E-state index contributed by atoms with van der Waals surface area (Å²) in [5, 5.41) is 3.00. The van der Waals surface area contributed by atoms with Crippen LogP contribution < -0.4 is 14.8 Å². The Kier molecular flexibility index (Phi) is 8.93. The van der Waals surface area contributed by atoms with Gasteiger partial charge in [0.15, 0.2) is 11.5 Å². The van der Waals surface area contributed by atoms with Crippen molar-refractivity contribution in [3.63, 3.8) is 0 Å². The Morgan fingerprint density at radius 3 is 2.43 bits per heavy atom. The van der Waals surface area contributed by atoms with Gasteiger partial charge in [0.25, 0.3) is 5.91 Å². The largest absolute Gasteiger partial charge is 0.493 e. The maximum atomic E-state index is 12.2. The zero-order valence-electron chi connectivity index (χ0n) is 13.5. The third-order valence-corrected chi connectivity index (χ3v) is 2.93. The van der Waals surface area contributed by atoms with E-state index in [2.05, 4.69) is 19.2 Å². The normalized spacial score (nSPS) is 11.5. The number of carbonyl (C=O) groups is 1. The van der Waals surface area contributed by atoms with Gasteiger partial charge in [0.2, 0.25) is 0 Å². The lowest BCUT2D eigenvalue weighted by Crippen LogP contribution is -2.33. The minimum absolute atomic E-state index is 0. The van der Waals surface area contributed by atoms with Crippen LogP contribution in [0.25, 0.3) is 0 Å². The van der Waals surface area contributed by atoms with Gasteiger partial charge in [-0.2, -0.15) is 13.5 Å². The van der Waals surface area contributed by atoms with Gasteiger partial charge in [-0.15, -0.1) is 0 Å². The van der Waals surface area contributed by atoms with Crippen LogP contribution in [-0.4, -0.2) is 25.7 Å². The Morgan fingerprint density at radius 2 is 1.90 bits per heavy atom. The van der Waals surface area contributed by atoms with Gasteiger partial charge in [0.1, 0.15) is 0 Å². The highest BCUT2D eigenvalue weighted by atomic mass is 32.1. The van der Waals surface area contributed by atoms with E-state index in [-0.39, 0.29) is 25.4 Å². The van der Waals surface area contributed by atoms with Crippen molar-refractivity contribution in [3.05, 3.63) is 23.8 Å². The third-order valence-electron chi connectivity index (χ3n) is 2.93. The summed E-state index contributed by atoms with van der Waals surface area (Å²) in [4.78, 5) is 12.2. The van der Waals surface area contributed by atoms with E-state index in [0.29, 0.717) is 29.6 Å². The lowest BCUT2D eigenvalue weighted by atomic mass is 10.0. The summed E-state index contributed by atoms with van der Waals surface area (Å²) in [6, 6.07) is 5.38. The first-order valence-corrected chi connectivity index (χ1v) is 7.09. The second kappa shape index (κ2) is 9.55. The minimum atomic E-state index is -0.0817. The highest BCUT2D eigenvalue weighted by molar-refractivity contribution is 7.59. The molecule has 5 heteroatoms. The number of carbonyl (C=O) groups excluding carboxylic acids is 1. The van der Waals surface area contributed by atoms with Crippen molar-refractivity contribution in [2.45, 2.75) is 40.2 Å². The first-order valence-electron chi connectivity index (χ1n) is 7.09. The number of amides is 1. The number of hydrogen-bond acceptors (Lipinski definition) is 3. The molecule has 21 heavy (non-hydrogen) atoms. The van der Waals surface area contributed by atoms with Crippen molar-refractivity contribution < 1.29 is 14.3 Å². The Labute approximate surface area is 134 Å². The average Bonchev–Trinajstić information content (AvgIpc) is 2.37. The van der Waals surface area contributed by atoms with Crippen LogP contribution in [0.2, 0.25) is 0 Å². The highest BCUT2D eigenvalue weighted by Crippen LogP contribution is 2.28. The molecule has 4 nitrogen and oxygen atoms in total. The standard InChI is InChI=1S/C16H25NO3.H2S/c1-6-20-15-10-13(7-8-14(15)19-5)16(18)17-12(4)9-11(2)3;/h7-8,10-12H,6,9H2,1-5H3,(H,17,18);1H2/t12-;/m0./s1. The van der Waals surface area contributed by atoms with Gasteiger partial charge in [-0.3, -0.25) is 4.79 Å². The number of methoxy groups -OCH3 is 1. The van der Waals surface area contributed by atoms with Gasteiger partial charge in [0.05, 0.1) is 13.7 Å². The van der Waals surface area contributed by atoms with Crippen molar-refractivity contribution in [1.29, 1.82) is 0 Å². The van der Waals surface area contributed by atoms with Crippen LogP contribution in [0.4, 0.5) is 0 Å². The summed E-state index contributed by atoms with van der Waals surface area (Å²) in [5.74, 6) is 1.71. The molecular formula is C16H27NO3S. The summed E-state index contributed by atoms with van der Waals surface area (Å²) >= 11 is 0. The molecule has 120 valence electrons. The van der Waals surface area contributed by atoms with Crippen LogP contribution in [0.15, 0.2) is 18.2 Å². The van der Waals surface area contributed by atoms with E-state index in [1.165, 1.54) is 0 Å². The molecule has 1 rings (SSSR count). The number of hydrogen-bond donors (Lipinski definition) is 1. The summed E-state index contributed by atoms with van der Waals surface area (Å²) in [6.07, 6.45) is 0.959. The van der Waals surface area contributed by atoms with Gasteiger partial charge in [-0.25, -0.2) is 0 Å². The quantitative estimate of drug-likeness (QED) is 0.839. The molecule has 0 radical (unpaired) electrons. The molecule has 1 amide bonds. The predicted octanol–water partition coefficient (Wildman–Crippen LogP) is 3.37. The van der Waals surface area contributed by atoms with Gasteiger partial charge < -0.3 is 14.8 Å². The van der Waals surface area contributed by atoms with Crippen molar-refractivity contribution >= 4 is 19.4 Å². The first kappa shape index (κ1) is 19.6. The summed E-state index contributed by atoms with van der Waals surface area (Å²) in [7, 11) is 1.59. The molecule has 0 unspecified atom stereocenters. The van der Waals surface area contributed by atoms with Crippen LogP contribution >= 0.6 is 13.5 Å². The second-order valence-corrected chi connectivity index (χ2v) is 5.30. The van der Waals surface area contributed by atoms with E-state index >= 15 is 0 Å². The molecule has 1 aromatic rings. The molecule has 0 saturated heterocycles. The van der Waals surface area contributed by atoms with Gasteiger partial charge >= 0.3 is 0 Å². The summed E-state index contributed by atoms with van der Waals surface area (Å²) in [6.45, 7) is 8.74. The molecule has 0 heterocycles. The fourth-order valence-electron chi connectivity index (χ4n) is 2.16. The monoisotopic (exact) mass is 313 g/mol. The highest BCUT2D eigenvalue weighted by Gasteiger charge is 2.14. The van der Waals surface area contributed by atoms with Crippen LogP contribution in [0, 0.1) is 5.92 Å². The van der Waals surface area contributed by atoms with E-state index in [1.54, 1.807) is 25.3 Å². The van der Waals surface area contributed by atoms with E-state index in [1.807, 2.05) is 13.8 Å². The fourth-order valence-corrected chi connectivity index (χ4v) is 2.16. The molecule has 0 bridgehead atoms. The molecule has 0 spiro atoms. The number of ether oxygens (including phenoxy) is 2. The topological polar surface area (TPSA) is 47.6 Å². The molecule has 0 aromatic heterocycles. The van der Waals surface area contributed by atoms with Crippen molar-refractivity contribution in [3.8, 4) is 11.5 Å². The molecule has 0 aliphatic rings. The lowest BCUT2D eigenvalue weighted by Gasteiger charge is -2.16. The van der Waals surface area contributed by atoms with Gasteiger partial charge in [-0.05, 0) is 44.4 Å². The molecule has 0 aliphatic heterocycles.